The van der Waals surface area contributed by atoms with Gasteiger partial charge in [-0.05, 0) is 80.4 Å². The van der Waals surface area contributed by atoms with Crippen LogP contribution in [0.3, 0.4) is 0 Å². The summed E-state index contributed by atoms with van der Waals surface area (Å²) in [5, 5.41) is 81.6. The van der Waals surface area contributed by atoms with E-state index in [1.165, 1.54) is 56.9 Å². The Kier molecular flexibility index (Phi) is 34.0. The van der Waals surface area contributed by atoms with E-state index in [1.807, 2.05) is 0 Å². The molecule has 540 valence electrons. The summed E-state index contributed by atoms with van der Waals surface area (Å²) in [6.45, 7) is 13.8. The zero-order chi connectivity index (χ0) is 73.9. The third-order valence-electron chi connectivity index (χ3n) is 15.5. The lowest BCUT2D eigenvalue weighted by molar-refractivity contribution is -0.146. The molecule has 0 saturated carbocycles. The van der Waals surface area contributed by atoms with Crippen LogP contribution >= 0.6 is 0 Å². The van der Waals surface area contributed by atoms with Crippen molar-refractivity contribution in [2.24, 2.45) is 35.1 Å². The van der Waals surface area contributed by atoms with Gasteiger partial charge in [-0.25, -0.2) is 4.79 Å². The number of carboxylic acids is 5. The van der Waals surface area contributed by atoms with Crippen molar-refractivity contribution in [2.75, 3.05) is 6.54 Å². The molecule has 1 aliphatic heterocycles. The van der Waals surface area contributed by atoms with E-state index in [0.717, 1.165) is 6.92 Å². The molecule has 2 rings (SSSR count). The smallest absolute Gasteiger partial charge is 0.326 e. The zero-order valence-corrected chi connectivity index (χ0v) is 55.5. The largest absolute Gasteiger partial charge is 0.508 e. The lowest BCUT2D eigenvalue weighted by atomic mass is 9.95. The molecule has 1 aliphatic rings. The molecule has 0 bridgehead atoms. The number of phenols is 1. The summed E-state index contributed by atoms with van der Waals surface area (Å²) < 4.78 is 0. The van der Waals surface area contributed by atoms with E-state index < -0.39 is 230 Å². The van der Waals surface area contributed by atoms with Crippen LogP contribution in [0, 0.1) is 23.7 Å². The average molecular weight is 1380 g/mol. The average Bonchev–Trinajstić information content (AvgIpc) is 1.77. The van der Waals surface area contributed by atoms with Crippen molar-refractivity contribution in [1.29, 1.82) is 0 Å². The number of nitrogens with two attached hydrogens (primary N) is 2. The number of nitrogens with zero attached hydrogens (tertiary/aromatic N) is 1. The van der Waals surface area contributed by atoms with Crippen molar-refractivity contribution >= 4 is 101 Å². The van der Waals surface area contributed by atoms with Gasteiger partial charge in [0.05, 0.1) is 25.3 Å². The topological polar surface area (TPSA) is 587 Å². The Morgan fingerprint density at radius 3 is 1.43 bits per heavy atom. The number of phenolic OH excluding ortho intramolecular Hbond substituents is 1. The Balaban J connectivity index is 2.48. The molecule has 12 amide bonds. The lowest BCUT2D eigenvalue weighted by Gasteiger charge is -2.33. The van der Waals surface area contributed by atoms with Gasteiger partial charge in [0.25, 0.3) is 0 Å². The fourth-order valence-electron chi connectivity index (χ4n) is 9.92. The van der Waals surface area contributed by atoms with Gasteiger partial charge in [0.15, 0.2) is 0 Å². The maximum atomic E-state index is 14.6. The number of carbonyl (C=O) groups excluding carboxylic acids is 12. The number of carboxylic acid groups (broad SMARTS) is 5. The second-order valence-electron chi connectivity index (χ2n) is 24.8. The molecule has 1 heterocycles. The van der Waals surface area contributed by atoms with Crippen molar-refractivity contribution in [2.45, 2.75) is 212 Å². The van der Waals surface area contributed by atoms with Crippen LogP contribution in [0.1, 0.15) is 139 Å². The van der Waals surface area contributed by atoms with Gasteiger partial charge in [0, 0.05) is 25.8 Å². The molecule has 0 aliphatic carbocycles. The van der Waals surface area contributed by atoms with Gasteiger partial charge in [-0.1, -0.05) is 73.9 Å². The highest BCUT2D eigenvalue weighted by atomic mass is 16.4. The second-order valence-corrected chi connectivity index (χ2v) is 24.8. The molecule has 1 aromatic rings. The minimum absolute atomic E-state index is 0.0331. The summed E-state index contributed by atoms with van der Waals surface area (Å²) >= 11 is 0. The van der Waals surface area contributed by atoms with E-state index in [4.69, 9.17) is 16.6 Å². The van der Waals surface area contributed by atoms with E-state index in [1.54, 1.807) is 27.7 Å². The third kappa shape index (κ3) is 28.4. The van der Waals surface area contributed by atoms with Crippen LogP contribution < -0.4 is 64.6 Å². The van der Waals surface area contributed by atoms with Gasteiger partial charge < -0.3 is 100 Å². The first kappa shape index (κ1) is 83.1. The van der Waals surface area contributed by atoms with E-state index in [9.17, 15) is 107 Å². The fourth-order valence-corrected chi connectivity index (χ4v) is 9.92. The molecule has 1 unspecified atom stereocenters. The Hall–Kier alpha value is -10.0. The molecular weight excluding hydrogens is 1280 g/mol. The van der Waals surface area contributed by atoms with Crippen LogP contribution in [0.4, 0.5) is 0 Å². The maximum absolute atomic E-state index is 14.6. The van der Waals surface area contributed by atoms with Crippen molar-refractivity contribution in [3.63, 3.8) is 0 Å². The van der Waals surface area contributed by atoms with E-state index >= 15 is 0 Å². The highest BCUT2D eigenvalue weighted by Crippen LogP contribution is 2.23. The monoisotopic (exact) mass is 1380 g/mol. The Bertz CT molecular complexity index is 3040. The van der Waals surface area contributed by atoms with Crippen molar-refractivity contribution < 1.29 is 112 Å². The number of aromatic hydroxyl groups is 1. The van der Waals surface area contributed by atoms with Gasteiger partial charge in [0.2, 0.25) is 70.9 Å². The van der Waals surface area contributed by atoms with Crippen LogP contribution in [0.5, 0.6) is 5.75 Å². The van der Waals surface area contributed by atoms with Gasteiger partial charge >= 0.3 is 29.8 Å². The van der Waals surface area contributed by atoms with Gasteiger partial charge in [0.1, 0.15) is 72.2 Å². The maximum Gasteiger partial charge on any atom is 0.326 e. The predicted molar refractivity (Wildman–Crippen MR) is 338 cm³/mol. The van der Waals surface area contributed by atoms with E-state index in [2.05, 4.69) is 53.2 Å². The first-order chi connectivity index (χ1) is 45.2. The highest BCUT2D eigenvalue weighted by molar-refractivity contribution is 6.01. The predicted octanol–water partition coefficient (Wildman–Crippen LogP) is -3.84. The number of aliphatic carboxylic acids is 5. The van der Waals surface area contributed by atoms with Gasteiger partial charge in [-0.15, -0.1) is 0 Å². The van der Waals surface area contributed by atoms with Crippen molar-refractivity contribution in [1.82, 2.24) is 58.1 Å². The minimum Gasteiger partial charge on any atom is -0.508 e. The first-order valence-electron chi connectivity index (χ1n) is 31.4. The van der Waals surface area contributed by atoms with Gasteiger partial charge in [-0.2, -0.15) is 0 Å². The molecule has 0 aromatic heterocycles. The number of hydrogen-bond acceptors (Lipinski definition) is 19. The zero-order valence-electron chi connectivity index (χ0n) is 55.5. The number of nitrogens with one attached hydrogen (secondary N) is 10. The third-order valence-corrected chi connectivity index (χ3v) is 15.5. The summed E-state index contributed by atoms with van der Waals surface area (Å²) in [5.74, 6) is -23.0. The first-order valence-corrected chi connectivity index (χ1v) is 31.4. The van der Waals surface area contributed by atoms with Crippen LogP contribution in [0.25, 0.3) is 0 Å². The summed E-state index contributed by atoms with van der Waals surface area (Å²) in [5.41, 5.74) is 11.1. The number of rotatable bonds is 42. The molecule has 1 saturated heterocycles. The SMILES string of the molecule is CCC(C)[C@H](NC(=O)[C@H](CC(C)C)NC(=O)[C@H](Cc1ccc(O)cc1)NC(=O)[C@H](CCC(=O)O)NC(=O)[C@H](CC(=O)O)NC(=O)[C@H](C)NC(=O)[C@H](CC(=O)O)NC(=O)[C@@H](NC(=O)[C@@H](NC(=O)[C@@H](N)CC(=O)O)C(C)C)C(C)C)C(=O)N1CCC[C@H]1C(=O)N[C@@H](CCC(N)=O)C(=O)O. The molecule has 1 fully saturated rings. The molecule has 36 nitrogen and oxygen atoms in total. The van der Waals surface area contributed by atoms with Crippen LogP contribution in [-0.4, -0.2) is 215 Å². The Morgan fingerprint density at radius 1 is 0.495 bits per heavy atom. The molecule has 0 spiro atoms. The molecule has 20 N–H and O–H groups in total. The minimum atomic E-state index is -2.13. The number of carbonyl (C=O) groups is 17. The standard InChI is InChI=1S/C61H93N13O23/c1-10-30(8)49(60(95)74-21-11-12-41(74)57(92)66-36(61(96)97)17-19-42(63)76)73-56(91)37(22-27(2)3)68-54(89)38(23-32-13-15-33(75)16-14-32)69-52(87)35(18-20-43(77)78)65-55(90)40(26-46(83)84)67-50(85)31(9)64-53(88)39(25-45(81)82)70-58(93)47(28(4)5)72-59(94)48(29(6)7)71-51(86)34(62)24-44(79)80/h13-16,27-31,34-41,47-49,75H,10-12,17-26,62H2,1-9H3,(H2,63,76)(H,64,88)(H,65,90)(H,66,92)(H,67,85)(H,68,89)(H,69,87)(H,70,93)(H,71,86)(H,72,94)(H,73,91)(H,77,78)(H,79,80)(H,81,82)(H,83,84)(H,96,97)/t30?,31-,34-,35-,36-,37-,38-,39-,40-,41-,47-,48-,49-/m0/s1. The normalized spacial score (nSPS) is 16.5. The number of benzene rings is 1. The molecule has 97 heavy (non-hydrogen) atoms. The number of hydrogen-bond donors (Lipinski definition) is 18. The van der Waals surface area contributed by atoms with Crippen LogP contribution in [0.2, 0.25) is 0 Å². The molecular formula is C61H93N13O23. The second kappa shape index (κ2) is 39.7. The molecule has 13 atom stereocenters. The van der Waals surface area contributed by atoms with Crippen LogP contribution in [0.15, 0.2) is 24.3 Å². The Morgan fingerprint density at radius 2 is 0.938 bits per heavy atom. The molecule has 1 aromatic carbocycles. The Labute approximate surface area is 558 Å². The molecule has 36 heteroatoms. The summed E-state index contributed by atoms with van der Waals surface area (Å²) in [6.07, 6.45) is -5.17. The molecule has 0 radical (unpaired) electrons. The summed E-state index contributed by atoms with van der Waals surface area (Å²) in [6, 6.07) is -14.3. The van der Waals surface area contributed by atoms with Crippen molar-refractivity contribution in [3.8, 4) is 5.75 Å². The van der Waals surface area contributed by atoms with Crippen LogP contribution in [-0.2, 0) is 87.9 Å². The number of amides is 12. The van der Waals surface area contributed by atoms with Crippen molar-refractivity contribution in [3.05, 3.63) is 29.8 Å². The number of likely N-dealkylation sites (tertiary alicyclic amines) is 1. The number of primary amides is 1. The van der Waals surface area contributed by atoms with E-state index in [0.29, 0.717) is 12.8 Å². The van der Waals surface area contributed by atoms with Gasteiger partial charge in [-0.3, -0.25) is 76.7 Å². The fraction of sp³-hybridized carbons (Fsp3) is 0.623. The lowest BCUT2D eigenvalue weighted by Crippen LogP contribution is -2.61. The quantitative estimate of drug-likeness (QED) is 0.0298. The van der Waals surface area contributed by atoms with E-state index in [-0.39, 0.29) is 49.5 Å². The summed E-state index contributed by atoms with van der Waals surface area (Å²) in [7, 11) is 0. The summed E-state index contributed by atoms with van der Waals surface area (Å²) in [4.78, 5) is 224. The highest BCUT2D eigenvalue weighted by Gasteiger charge is 2.42.